The van der Waals surface area contributed by atoms with Gasteiger partial charge in [-0.15, -0.1) is 0 Å². The number of hydrogen-bond donors (Lipinski definition) is 1. The molecule has 0 amide bonds. The lowest BCUT2D eigenvalue weighted by atomic mass is 9.82. The van der Waals surface area contributed by atoms with Crippen molar-refractivity contribution in [2.45, 2.75) is 49.2 Å². The number of nitrogens with zero attached hydrogens (tertiary/aromatic N) is 1. The number of aromatic amines is 1. The summed E-state index contributed by atoms with van der Waals surface area (Å²) in [5, 5.41) is 0.449. The van der Waals surface area contributed by atoms with Crippen molar-refractivity contribution in [3.63, 3.8) is 0 Å². The summed E-state index contributed by atoms with van der Waals surface area (Å²) in [6, 6.07) is 3.55. The van der Waals surface area contributed by atoms with Crippen LogP contribution in [-0.4, -0.2) is 15.5 Å². The van der Waals surface area contributed by atoms with Crippen molar-refractivity contribution >= 4 is 34.4 Å². The van der Waals surface area contributed by atoms with Crippen LogP contribution in [0.2, 0.25) is 5.02 Å². The fraction of sp³-hybridized carbons (Fsp3) is 0.533. The maximum atomic E-state index is 12.5. The molecule has 1 aromatic heterocycles. The number of fused-ring (bicyclic) bond motifs is 1. The third-order valence-electron chi connectivity index (χ3n) is 4.64. The van der Waals surface area contributed by atoms with E-state index in [0.717, 1.165) is 24.8 Å². The molecule has 1 saturated carbocycles. The first-order valence-electron chi connectivity index (χ1n) is 7.20. The van der Waals surface area contributed by atoms with E-state index in [2.05, 4.69) is 23.8 Å². The number of imidazole rings is 1. The molecule has 22 heavy (non-hydrogen) atoms. The van der Waals surface area contributed by atoms with Gasteiger partial charge >= 0.3 is 5.51 Å². The standard InChI is InChI=1S/C15H16ClF3N2S/c1-3-8(2)14(4-5-14)9-6-11-12(7-10(9)16)21-13(20-11)22-15(17,18)19/h6-8H,3-5H2,1-2H3,(H,20,21). The highest BCUT2D eigenvalue weighted by atomic mass is 35.5. The quantitative estimate of drug-likeness (QED) is 0.696. The summed E-state index contributed by atoms with van der Waals surface area (Å²) in [4.78, 5) is 6.72. The van der Waals surface area contributed by atoms with E-state index in [1.807, 2.05) is 6.07 Å². The first kappa shape index (κ1) is 16.0. The third-order valence-corrected chi connectivity index (χ3v) is 5.57. The van der Waals surface area contributed by atoms with Gasteiger partial charge in [0.2, 0.25) is 0 Å². The van der Waals surface area contributed by atoms with E-state index in [9.17, 15) is 13.2 Å². The van der Waals surface area contributed by atoms with E-state index >= 15 is 0 Å². The summed E-state index contributed by atoms with van der Waals surface area (Å²) in [5.41, 5.74) is -2.17. The number of H-pyrrole nitrogens is 1. The topological polar surface area (TPSA) is 28.7 Å². The molecule has 120 valence electrons. The minimum Gasteiger partial charge on any atom is -0.333 e. The highest BCUT2D eigenvalue weighted by Gasteiger charge is 2.49. The second kappa shape index (κ2) is 5.34. The Balaban J connectivity index is 2.02. The Bertz CT molecular complexity index is 707. The van der Waals surface area contributed by atoms with E-state index in [1.165, 1.54) is 0 Å². The van der Waals surface area contributed by atoms with Crippen molar-refractivity contribution in [3.05, 3.63) is 22.7 Å². The van der Waals surface area contributed by atoms with Gasteiger partial charge in [0.25, 0.3) is 0 Å². The lowest BCUT2D eigenvalue weighted by molar-refractivity contribution is -0.0330. The Morgan fingerprint density at radius 2 is 2.09 bits per heavy atom. The fourth-order valence-corrected chi connectivity index (χ4v) is 3.97. The highest BCUT2D eigenvalue weighted by molar-refractivity contribution is 8.00. The van der Waals surface area contributed by atoms with Crippen LogP contribution in [0, 0.1) is 5.92 Å². The molecular formula is C15H16ClF3N2S. The van der Waals surface area contributed by atoms with Crippen LogP contribution < -0.4 is 0 Å². The number of benzene rings is 1. The number of hydrogen-bond acceptors (Lipinski definition) is 2. The van der Waals surface area contributed by atoms with Crippen molar-refractivity contribution in [1.82, 2.24) is 9.97 Å². The van der Waals surface area contributed by atoms with Crippen molar-refractivity contribution in [2.24, 2.45) is 5.92 Å². The molecule has 7 heteroatoms. The van der Waals surface area contributed by atoms with Crippen LogP contribution in [0.15, 0.2) is 17.3 Å². The van der Waals surface area contributed by atoms with Crippen LogP contribution in [0.4, 0.5) is 13.2 Å². The van der Waals surface area contributed by atoms with E-state index in [1.54, 1.807) is 6.07 Å². The maximum Gasteiger partial charge on any atom is 0.449 e. The molecule has 1 fully saturated rings. The van der Waals surface area contributed by atoms with Gasteiger partial charge in [-0.1, -0.05) is 31.9 Å². The molecule has 1 aliphatic rings. The van der Waals surface area contributed by atoms with Crippen molar-refractivity contribution in [3.8, 4) is 0 Å². The number of alkyl halides is 3. The zero-order valence-corrected chi connectivity index (χ0v) is 13.8. The van der Waals surface area contributed by atoms with E-state index in [0.29, 0.717) is 22.0 Å². The van der Waals surface area contributed by atoms with Gasteiger partial charge in [-0.3, -0.25) is 0 Å². The maximum absolute atomic E-state index is 12.5. The third kappa shape index (κ3) is 2.83. The van der Waals surface area contributed by atoms with Gasteiger partial charge in [-0.05, 0) is 41.9 Å². The van der Waals surface area contributed by atoms with Crippen LogP contribution in [0.25, 0.3) is 11.0 Å². The summed E-state index contributed by atoms with van der Waals surface area (Å²) in [6.45, 7) is 4.34. The summed E-state index contributed by atoms with van der Waals surface area (Å²) in [7, 11) is 0. The zero-order chi connectivity index (χ0) is 16.1. The van der Waals surface area contributed by atoms with Crippen LogP contribution in [0.3, 0.4) is 0 Å². The number of aromatic nitrogens is 2. The van der Waals surface area contributed by atoms with Crippen LogP contribution >= 0.6 is 23.4 Å². The Labute approximate surface area is 135 Å². The molecule has 1 atom stereocenters. The van der Waals surface area contributed by atoms with Gasteiger partial charge in [-0.25, -0.2) is 4.98 Å². The van der Waals surface area contributed by atoms with Gasteiger partial charge in [0.15, 0.2) is 5.16 Å². The molecule has 0 spiro atoms. The molecule has 1 aromatic carbocycles. The van der Waals surface area contributed by atoms with Gasteiger partial charge in [0.05, 0.1) is 11.0 Å². The monoisotopic (exact) mass is 348 g/mol. The number of thioether (sulfide) groups is 1. The molecule has 0 bridgehead atoms. The van der Waals surface area contributed by atoms with Crippen LogP contribution in [0.5, 0.6) is 0 Å². The molecular weight excluding hydrogens is 333 g/mol. The predicted octanol–water partition coefficient (Wildman–Crippen LogP) is 5.91. The summed E-state index contributed by atoms with van der Waals surface area (Å²) < 4.78 is 37.4. The number of nitrogens with one attached hydrogen (secondary N) is 1. The van der Waals surface area contributed by atoms with E-state index in [4.69, 9.17) is 11.6 Å². The van der Waals surface area contributed by atoms with Crippen LogP contribution in [0.1, 0.15) is 38.7 Å². The Morgan fingerprint density at radius 3 is 2.64 bits per heavy atom. The van der Waals surface area contributed by atoms with Gasteiger partial charge in [0.1, 0.15) is 0 Å². The van der Waals surface area contributed by atoms with Crippen LogP contribution in [-0.2, 0) is 5.41 Å². The highest BCUT2D eigenvalue weighted by Crippen LogP contribution is 2.57. The first-order valence-corrected chi connectivity index (χ1v) is 8.40. The van der Waals surface area contributed by atoms with Crippen molar-refractivity contribution < 1.29 is 13.2 Å². The molecule has 0 radical (unpaired) electrons. The van der Waals surface area contributed by atoms with Gasteiger partial charge in [-0.2, -0.15) is 13.2 Å². The van der Waals surface area contributed by atoms with Gasteiger partial charge < -0.3 is 4.98 Å². The normalized spacial score (nSPS) is 18.6. The molecule has 1 N–H and O–H groups in total. The molecule has 3 rings (SSSR count). The van der Waals surface area contributed by atoms with Crippen molar-refractivity contribution in [2.75, 3.05) is 0 Å². The van der Waals surface area contributed by atoms with E-state index in [-0.39, 0.29) is 22.3 Å². The Hall–Kier alpha value is -0.880. The molecule has 2 aromatic rings. The zero-order valence-electron chi connectivity index (χ0n) is 12.2. The minimum absolute atomic E-state index is 0.0719. The molecule has 1 heterocycles. The Kier molecular flexibility index (Phi) is 3.88. The van der Waals surface area contributed by atoms with Gasteiger partial charge in [0, 0.05) is 16.8 Å². The number of halogens is 4. The summed E-state index contributed by atoms with van der Waals surface area (Å²) >= 11 is 6.15. The second-order valence-electron chi connectivity index (χ2n) is 5.90. The minimum atomic E-state index is -4.35. The Morgan fingerprint density at radius 1 is 1.41 bits per heavy atom. The molecule has 2 nitrogen and oxygen atoms in total. The molecule has 1 aliphatic carbocycles. The molecule has 1 unspecified atom stereocenters. The largest absolute Gasteiger partial charge is 0.449 e. The molecule has 0 aliphatic heterocycles. The predicted molar refractivity (Wildman–Crippen MR) is 83.4 cm³/mol. The molecule has 0 saturated heterocycles. The van der Waals surface area contributed by atoms with E-state index < -0.39 is 5.51 Å². The van der Waals surface area contributed by atoms with Crippen molar-refractivity contribution in [1.29, 1.82) is 0 Å². The first-order chi connectivity index (χ1) is 10.2. The average molecular weight is 349 g/mol. The number of rotatable bonds is 4. The SMILES string of the molecule is CCC(C)C1(c2cc3[nH]c(SC(F)(F)F)nc3cc2Cl)CC1. The lowest BCUT2D eigenvalue weighted by Crippen LogP contribution is -2.17. The summed E-state index contributed by atoms with van der Waals surface area (Å²) in [5.74, 6) is 0.495. The average Bonchev–Trinajstić information content (AvgIpc) is 3.12. The second-order valence-corrected chi connectivity index (χ2v) is 7.37. The smallest absolute Gasteiger partial charge is 0.333 e. The summed E-state index contributed by atoms with van der Waals surface area (Å²) in [6.07, 6.45) is 3.20. The lowest BCUT2D eigenvalue weighted by Gasteiger charge is -2.23. The fourth-order valence-electron chi connectivity index (χ4n) is 3.10.